The van der Waals surface area contributed by atoms with E-state index in [4.69, 9.17) is 4.74 Å². The van der Waals surface area contributed by atoms with Crippen LogP contribution in [0, 0.1) is 17.5 Å². The minimum absolute atomic E-state index is 0.0700. The summed E-state index contributed by atoms with van der Waals surface area (Å²) in [6.45, 7) is 1.54. The van der Waals surface area contributed by atoms with E-state index in [1.807, 2.05) is 0 Å². The molecule has 0 bridgehead atoms. The fourth-order valence-corrected chi connectivity index (χ4v) is 2.22. The van der Waals surface area contributed by atoms with Gasteiger partial charge < -0.3 is 4.74 Å². The number of benzene rings is 1. The largest absolute Gasteiger partial charge is 0.380 e. The first kappa shape index (κ1) is 14.9. The maximum atomic E-state index is 12.9. The van der Waals surface area contributed by atoms with E-state index in [-0.39, 0.29) is 6.54 Å². The molecule has 1 atom stereocenters. The standard InChI is InChI=1S/C10H12F3NO3S/c1-6(17-2)5-14-18(15,16)7-3-8(11)10(13)9(12)4-7/h3-4,6,14H,5H2,1-2H3. The Labute approximate surface area is 103 Å². The highest BCUT2D eigenvalue weighted by Crippen LogP contribution is 2.17. The van der Waals surface area contributed by atoms with Crippen LogP contribution in [0.15, 0.2) is 17.0 Å². The molecule has 1 aromatic rings. The first-order chi connectivity index (χ1) is 8.27. The van der Waals surface area contributed by atoms with Gasteiger partial charge in [0, 0.05) is 13.7 Å². The van der Waals surface area contributed by atoms with E-state index in [9.17, 15) is 21.6 Å². The van der Waals surface area contributed by atoms with Crippen LogP contribution in [-0.2, 0) is 14.8 Å². The number of rotatable bonds is 5. The molecule has 0 fully saturated rings. The third kappa shape index (κ3) is 3.44. The summed E-state index contributed by atoms with van der Waals surface area (Å²) in [4.78, 5) is -0.679. The lowest BCUT2D eigenvalue weighted by Crippen LogP contribution is -2.31. The second kappa shape index (κ2) is 5.68. The number of hydrogen-bond acceptors (Lipinski definition) is 3. The van der Waals surface area contributed by atoms with Crippen LogP contribution < -0.4 is 4.72 Å². The molecule has 1 aromatic carbocycles. The molecule has 1 unspecified atom stereocenters. The monoisotopic (exact) mass is 283 g/mol. The molecular weight excluding hydrogens is 271 g/mol. The van der Waals surface area contributed by atoms with E-state index in [1.54, 1.807) is 6.92 Å². The number of halogens is 3. The number of ether oxygens (including phenoxy) is 1. The van der Waals surface area contributed by atoms with E-state index >= 15 is 0 Å². The molecule has 8 heteroatoms. The van der Waals surface area contributed by atoms with Crippen LogP contribution in [0.2, 0.25) is 0 Å². The zero-order valence-electron chi connectivity index (χ0n) is 9.71. The predicted molar refractivity (Wildman–Crippen MR) is 58.0 cm³/mol. The Kier molecular flexibility index (Phi) is 4.71. The van der Waals surface area contributed by atoms with Gasteiger partial charge in [-0.25, -0.2) is 26.3 Å². The van der Waals surface area contributed by atoms with E-state index in [2.05, 4.69) is 4.72 Å². The van der Waals surface area contributed by atoms with Gasteiger partial charge >= 0.3 is 0 Å². The molecule has 0 radical (unpaired) electrons. The quantitative estimate of drug-likeness (QED) is 0.831. The van der Waals surface area contributed by atoms with Crippen LogP contribution in [0.4, 0.5) is 13.2 Å². The minimum atomic E-state index is -4.10. The maximum Gasteiger partial charge on any atom is 0.240 e. The van der Waals surface area contributed by atoms with Crippen molar-refractivity contribution >= 4 is 10.0 Å². The van der Waals surface area contributed by atoms with Gasteiger partial charge in [-0.15, -0.1) is 0 Å². The smallest absolute Gasteiger partial charge is 0.240 e. The molecule has 102 valence electrons. The van der Waals surface area contributed by atoms with Gasteiger partial charge in [0.1, 0.15) is 0 Å². The molecule has 0 aliphatic heterocycles. The van der Waals surface area contributed by atoms with Crippen LogP contribution >= 0.6 is 0 Å². The summed E-state index contributed by atoms with van der Waals surface area (Å²) in [6.07, 6.45) is -0.407. The van der Waals surface area contributed by atoms with Crippen LogP contribution in [0.3, 0.4) is 0 Å². The average Bonchev–Trinajstić information content (AvgIpc) is 2.32. The molecule has 0 aliphatic rings. The van der Waals surface area contributed by atoms with Crippen molar-refractivity contribution in [1.29, 1.82) is 0 Å². The third-order valence-corrected chi connectivity index (χ3v) is 3.63. The molecular formula is C10H12F3NO3S. The number of hydrogen-bond donors (Lipinski definition) is 1. The van der Waals surface area contributed by atoms with Crippen LogP contribution in [0.25, 0.3) is 0 Å². The lowest BCUT2D eigenvalue weighted by Gasteiger charge is -2.11. The van der Waals surface area contributed by atoms with Crippen molar-refractivity contribution in [3.63, 3.8) is 0 Å². The summed E-state index contributed by atoms with van der Waals surface area (Å²) in [5, 5.41) is 0. The number of sulfonamides is 1. The first-order valence-electron chi connectivity index (χ1n) is 4.95. The van der Waals surface area contributed by atoms with E-state index in [0.717, 1.165) is 0 Å². The highest BCUT2D eigenvalue weighted by atomic mass is 32.2. The number of nitrogens with one attached hydrogen (secondary N) is 1. The van der Waals surface area contributed by atoms with E-state index in [0.29, 0.717) is 12.1 Å². The average molecular weight is 283 g/mol. The van der Waals surface area contributed by atoms with Crippen molar-refractivity contribution in [2.75, 3.05) is 13.7 Å². The second-order valence-corrected chi connectivity index (χ2v) is 5.37. The lowest BCUT2D eigenvalue weighted by molar-refractivity contribution is 0.122. The third-order valence-electron chi connectivity index (χ3n) is 2.23. The molecule has 1 rings (SSSR count). The molecule has 0 aromatic heterocycles. The van der Waals surface area contributed by atoms with Gasteiger partial charge in [-0.1, -0.05) is 0 Å². The molecule has 0 saturated carbocycles. The molecule has 0 heterocycles. The zero-order chi connectivity index (χ0) is 13.9. The lowest BCUT2D eigenvalue weighted by atomic mass is 10.3. The molecule has 0 aliphatic carbocycles. The Morgan fingerprint density at radius 2 is 1.78 bits per heavy atom. The van der Waals surface area contributed by atoms with Gasteiger partial charge in [0.15, 0.2) is 17.5 Å². The van der Waals surface area contributed by atoms with Gasteiger partial charge in [0.25, 0.3) is 0 Å². The van der Waals surface area contributed by atoms with Gasteiger partial charge in [-0.3, -0.25) is 0 Å². The first-order valence-corrected chi connectivity index (χ1v) is 6.43. The highest BCUT2D eigenvalue weighted by Gasteiger charge is 2.20. The Hall–Kier alpha value is -1.12. The molecule has 18 heavy (non-hydrogen) atoms. The summed E-state index contributed by atoms with van der Waals surface area (Å²) < 4.78 is 68.7. The molecule has 0 saturated heterocycles. The normalized spacial score (nSPS) is 13.6. The molecule has 4 nitrogen and oxygen atoms in total. The second-order valence-electron chi connectivity index (χ2n) is 3.60. The Morgan fingerprint density at radius 3 is 2.22 bits per heavy atom. The van der Waals surface area contributed by atoms with Gasteiger partial charge in [-0.05, 0) is 19.1 Å². The van der Waals surface area contributed by atoms with Gasteiger partial charge in [0.2, 0.25) is 10.0 Å². The van der Waals surface area contributed by atoms with Crippen molar-refractivity contribution in [2.24, 2.45) is 0 Å². The summed E-state index contributed by atoms with van der Waals surface area (Å²) >= 11 is 0. The SMILES string of the molecule is COC(C)CNS(=O)(=O)c1cc(F)c(F)c(F)c1. The fourth-order valence-electron chi connectivity index (χ4n) is 1.08. The summed E-state index contributed by atoms with van der Waals surface area (Å²) in [5.41, 5.74) is 0. The summed E-state index contributed by atoms with van der Waals surface area (Å²) in [5.74, 6) is -4.83. The fraction of sp³-hybridized carbons (Fsp3) is 0.400. The van der Waals surface area contributed by atoms with Gasteiger partial charge in [-0.2, -0.15) is 0 Å². The van der Waals surface area contributed by atoms with Crippen molar-refractivity contribution in [3.8, 4) is 0 Å². The number of methoxy groups -OCH3 is 1. The molecule has 0 spiro atoms. The van der Waals surface area contributed by atoms with Crippen LogP contribution in [-0.4, -0.2) is 28.2 Å². The van der Waals surface area contributed by atoms with Crippen molar-refractivity contribution in [2.45, 2.75) is 17.9 Å². The summed E-state index contributed by atoms with van der Waals surface area (Å²) in [7, 11) is -2.72. The Balaban J connectivity index is 2.99. The zero-order valence-corrected chi connectivity index (χ0v) is 10.5. The Bertz CT molecular complexity index is 510. The molecule has 0 amide bonds. The predicted octanol–water partition coefficient (Wildman–Crippen LogP) is 1.42. The van der Waals surface area contributed by atoms with Crippen molar-refractivity contribution < 1.29 is 26.3 Å². The molecule has 1 N–H and O–H groups in total. The van der Waals surface area contributed by atoms with Crippen molar-refractivity contribution in [1.82, 2.24) is 4.72 Å². The van der Waals surface area contributed by atoms with Crippen LogP contribution in [0.1, 0.15) is 6.92 Å². The van der Waals surface area contributed by atoms with Crippen LogP contribution in [0.5, 0.6) is 0 Å². The topological polar surface area (TPSA) is 55.4 Å². The van der Waals surface area contributed by atoms with Crippen molar-refractivity contribution in [3.05, 3.63) is 29.6 Å². The minimum Gasteiger partial charge on any atom is -0.380 e. The maximum absolute atomic E-state index is 12.9. The van der Waals surface area contributed by atoms with E-state index in [1.165, 1.54) is 7.11 Å². The Morgan fingerprint density at radius 1 is 1.28 bits per heavy atom. The summed E-state index contributed by atoms with van der Waals surface area (Å²) in [6, 6.07) is 0.830. The highest BCUT2D eigenvalue weighted by molar-refractivity contribution is 7.89. The van der Waals surface area contributed by atoms with E-state index < -0.39 is 38.5 Å². The van der Waals surface area contributed by atoms with Gasteiger partial charge in [0.05, 0.1) is 11.0 Å².